The summed E-state index contributed by atoms with van der Waals surface area (Å²) in [6, 6.07) is 0.750. The first-order valence-electron chi connectivity index (χ1n) is 6.85. The number of nitrogens with one attached hydrogen (secondary N) is 1. The molecule has 0 aromatic heterocycles. The number of piperidine rings is 1. The summed E-state index contributed by atoms with van der Waals surface area (Å²) < 4.78 is 0. The molecule has 2 fully saturated rings. The molecule has 94 valence electrons. The number of nitrogens with zero attached hydrogens (tertiary/aromatic N) is 1. The third kappa shape index (κ3) is 2.58. The maximum Gasteiger partial charge on any atom is 0.0541 e. The van der Waals surface area contributed by atoms with Crippen LogP contribution in [-0.4, -0.2) is 48.3 Å². The van der Waals surface area contributed by atoms with Crippen molar-refractivity contribution >= 4 is 0 Å². The van der Waals surface area contributed by atoms with Gasteiger partial charge < -0.3 is 10.4 Å². The van der Waals surface area contributed by atoms with Gasteiger partial charge in [0.2, 0.25) is 0 Å². The number of hydrogen-bond donors (Lipinski definition) is 2. The minimum atomic E-state index is -0.120. The van der Waals surface area contributed by atoms with Crippen LogP contribution in [0.5, 0.6) is 0 Å². The van der Waals surface area contributed by atoms with Crippen LogP contribution in [0.3, 0.4) is 0 Å². The second kappa shape index (κ2) is 5.48. The van der Waals surface area contributed by atoms with Crippen LogP contribution in [0.25, 0.3) is 0 Å². The largest absolute Gasteiger partial charge is 0.393 e. The van der Waals surface area contributed by atoms with E-state index < -0.39 is 0 Å². The summed E-state index contributed by atoms with van der Waals surface area (Å²) in [6.45, 7) is 8.95. The summed E-state index contributed by atoms with van der Waals surface area (Å²) in [4.78, 5) is 2.65. The highest BCUT2D eigenvalue weighted by molar-refractivity contribution is 4.90. The molecule has 0 saturated carbocycles. The Kier molecular flexibility index (Phi) is 4.22. The lowest BCUT2D eigenvalue weighted by Gasteiger charge is -2.38. The zero-order valence-electron chi connectivity index (χ0n) is 10.7. The fourth-order valence-corrected chi connectivity index (χ4v) is 3.30. The van der Waals surface area contributed by atoms with Gasteiger partial charge in [-0.25, -0.2) is 0 Å². The van der Waals surface area contributed by atoms with Crippen LogP contribution in [0.15, 0.2) is 0 Å². The van der Waals surface area contributed by atoms with Gasteiger partial charge in [-0.3, -0.25) is 4.90 Å². The molecule has 0 spiro atoms. The molecule has 0 bridgehead atoms. The van der Waals surface area contributed by atoms with E-state index in [1.807, 2.05) is 6.92 Å². The number of likely N-dealkylation sites (tertiary alicyclic amines) is 1. The van der Waals surface area contributed by atoms with Crippen LogP contribution >= 0.6 is 0 Å². The second-order valence-electron chi connectivity index (χ2n) is 5.51. The van der Waals surface area contributed by atoms with Crippen molar-refractivity contribution in [3.8, 4) is 0 Å². The first kappa shape index (κ1) is 12.3. The fourth-order valence-electron chi connectivity index (χ4n) is 3.30. The SMILES string of the molecule is CCC1CNCC1N1CCC(C(C)O)CC1. The smallest absolute Gasteiger partial charge is 0.0541 e. The van der Waals surface area contributed by atoms with E-state index in [1.54, 1.807) is 0 Å². The van der Waals surface area contributed by atoms with Gasteiger partial charge in [0.25, 0.3) is 0 Å². The first-order valence-corrected chi connectivity index (χ1v) is 6.85. The quantitative estimate of drug-likeness (QED) is 0.756. The van der Waals surface area contributed by atoms with Gasteiger partial charge in [-0.1, -0.05) is 13.3 Å². The highest BCUT2D eigenvalue weighted by Gasteiger charge is 2.33. The maximum absolute atomic E-state index is 9.60. The van der Waals surface area contributed by atoms with Crippen molar-refractivity contribution in [3.05, 3.63) is 0 Å². The van der Waals surface area contributed by atoms with Gasteiger partial charge in [0.1, 0.15) is 0 Å². The predicted octanol–water partition coefficient (Wildman–Crippen LogP) is 1.08. The van der Waals surface area contributed by atoms with E-state index in [9.17, 15) is 5.11 Å². The van der Waals surface area contributed by atoms with Crippen LogP contribution in [0.2, 0.25) is 0 Å². The first-order chi connectivity index (χ1) is 7.72. The molecule has 2 heterocycles. The third-order valence-corrected chi connectivity index (χ3v) is 4.55. The molecule has 2 N–H and O–H groups in total. The lowest BCUT2D eigenvalue weighted by molar-refractivity contribution is 0.0505. The minimum Gasteiger partial charge on any atom is -0.393 e. The average Bonchev–Trinajstić information content (AvgIpc) is 2.77. The molecule has 3 nitrogen and oxygen atoms in total. The summed E-state index contributed by atoms with van der Waals surface area (Å²) in [5.74, 6) is 1.37. The van der Waals surface area contributed by atoms with Crippen molar-refractivity contribution in [2.24, 2.45) is 11.8 Å². The lowest BCUT2D eigenvalue weighted by atomic mass is 9.89. The van der Waals surface area contributed by atoms with Crippen LogP contribution < -0.4 is 5.32 Å². The topological polar surface area (TPSA) is 35.5 Å². The molecule has 2 aliphatic rings. The van der Waals surface area contributed by atoms with E-state index in [0.717, 1.165) is 18.5 Å². The molecule has 0 aromatic rings. The molecule has 0 radical (unpaired) electrons. The van der Waals surface area contributed by atoms with Gasteiger partial charge in [-0.15, -0.1) is 0 Å². The number of hydrogen-bond acceptors (Lipinski definition) is 3. The predicted molar refractivity (Wildman–Crippen MR) is 66.4 cm³/mol. The molecule has 2 saturated heterocycles. The normalized spacial score (nSPS) is 35.4. The van der Waals surface area contributed by atoms with Gasteiger partial charge >= 0.3 is 0 Å². The Hall–Kier alpha value is -0.120. The van der Waals surface area contributed by atoms with Gasteiger partial charge in [-0.05, 0) is 51.2 Å². The fraction of sp³-hybridized carbons (Fsp3) is 1.00. The Bertz CT molecular complexity index is 212. The molecular weight excluding hydrogens is 200 g/mol. The van der Waals surface area contributed by atoms with Crippen molar-refractivity contribution in [2.75, 3.05) is 26.2 Å². The number of aliphatic hydroxyl groups is 1. The molecule has 0 aromatic carbocycles. The molecule has 16 heavy (non-hydrogen) atoms. The van der Waals surface area contributed by atoms with E-state index in [-0.39, 0.29) is 6.10 Å². The van der Waals surface area contributed by atoms with Crippen molar-refractivity contribution in [3.63, 3.8) is 0 Å². The Morgan fingerprint density at radius 1 is 1.31 bits per heavy atom. The third-order valence-electron chi connectivity index (χ3n) is 4.55. The summed E-state index contributed by atoms with van der Waals surface area (Å²) in [7, 11) is 0. The Morgan fingerprint density at radius 3 is 2.56 bits per heavy atom. The van der Waals surface area contributed by atoms with Gasteiger partial charge in [0.15, 0.2) is 0 Å². The van der Waals surface area contributed by atoms with Crippen LogP contribution in [-0.2, 0) is 0 Å². The summed E-state index contributed by atoms with van der Waals surface area (Å²) >= 11 is 0. The van der Waals surface area contributed by atoms with Gasteiger partial charge in [0, 0.05) is 12.6 Å². The molecule has 3 unspecified atom stereocenters. The molecule has 2 rings (SSSR count). The van der Waals surface area contributed by atoms with Crippen LogP contribution in [0.1, 0.15) is 33.1 Å². The van der Waals surface area contributed by atoms with Crippen molar-refractivity contribution in [1.82, 2.24) is 10.2 Å². The lowest BCUT2D eigenvalue weighted by Crippen LogP contribution is -2.46. The van der Waals surface area contributed by atoms with E-state index >= 15 is 0 Å². The summed E-state index contributed by atoms with van der Waals surface area (Å²) in [5.41, 5.74) is 0. The molecule has 2 aliphatic heterocycles. The maximum atomic E-state index is 9.60. The highest BCUT2D eigenvalue weighted by atomic mass is 16.3. The van der Waals surface area contributed by atoms with E-state index in [4.69, 9.17) is 0 Å². The number of rotatable bonds is 3. The zero-order valence-corrected chi connectivity index (χ0v) is 10.7. The molecule has 0 amide bonds. The molecular formula is C13H26N2O. The van der Waals surface area contributed by atoms with Crippen LogP contribution in [0.4, 0.5) is 0 Å². The average molecular weight is 226 g/mol. The Balaban J connectivity index is 1.84. The summed E-state index contributed by atoms with van der Waals surface area (Å²) in [5, 5.41) is 13.1. The van der Waals surface area contributed by atoms with Crippen molar-refractivity contribution < 1.29 is 5.11 Å². The monoisotopic (exact) mass is 226 g/mol. The standard InChI is InChI=1S/C13H26N2O/c1-3-11-8-14-9-13(11)15-6-4-12(5-7-15)10(2)16/h10-14,16H,3-9H2,1-2H3. The summed E-state index contributed by atoms with van der Waals surface area (Å²) in [6.07, 6.45) is 3.51. The molecule has 3 atom stereocenters. The zero-order chi connectivity index (χ0) is 11.5. The minimum absolute atomic E-state index is 0.120. The van der Waals surface area contributed by atoms with Gasteiger partial charge in [0.05, 0.1) is 6.10 Å². The molecule has 0 aliphatic carbocycles. The molecule has 3 heteroatoms. The highest BCUT2D eigenvalue weighted by Crippen LogP contribution is 2.26. The number of aliphatic hydroxyl groups excluding tert-OH is 1. The van der Waals surface area contributed by atoms with Crippen LogP contribution in [0, 0.1) is 11.8 Å². The van der Waals surface area contributed by atoms with Crippen molar-refractivity contribution in [1.29, 1.82) is 0 Å². The van der Waals surface area contributed by atoms with E-state index in [2.05, 4.69) is 17.1 Å². The van der Waals surface area contributed by atoms with E-state index in [0.29, 0.717) is 5.92 Å². The van der Waals surface area contributed by atoms with Crippen molar-refractivity contribution in [2.45, 2.75) is 45.3 Å². The Morgan fingerprint density at radius 2 is 2.00 bits per heavy atom. The second-order valence-corrected chi connectivity index (χ2v) is 5.51. The van der Waals surface area contributed by atoms with Gasteiger partial charge in [-0.2, -0.15) is 0 Å². The Labute approximate surface area is 99.2 Å². The van der Waals surface area contributed by atoms with E-state index in [1.165, 1.54) is 38.9 Å².